The molecule has 156 valence electrons. The number of carbonyl (C=O) groups excluding carboxylic acids is 4. The average Bonchev–Trinajstić information content (AvgIpc) is 3.18. The van der Waals surface area contributed by atoms with E-state index >= 15 is 0 Å². The normalized spacial score (nSPS) is 36.8. The standard InChI is InChI=1S/C22H26O7/c1-10(2)14-8-7-13-9-15(28-21(13)26)16(11(3)4)17(24)20-22(6,29-20)19(25)18(14)27-12(5)23/h9,14-16,18,20H,1,3,7-8H2,2,4-6H3/t14-,15+,16+,18-,20+,22-/m0/s1. The van der Waals surface area contributed by atoms with E-state index in [2.05, 4.69) is 13.2 Å². The van der Waals surface area contributed by atoms with Gasteiger partial charge in [0.1, 0.15) is 6.10 Å². The minimum atomic E-state index is -1.41. The number of ketones is 2. The Morgan fingerprint density at radius 1 is 1.17 bits per heavy atom. The summed E-state index contributed by atoms with van der Waals surface area (Å²) in [6.07, 6.45) is -0.618. The van der Waals surface area contributed by atoms with Crippen molar-refractivity contribution in [2.45, 2.75) is 64.4 Å². The molecule has 6 atom stereocenters. The van der Waals surface area contributed by atoms with Gasteiger partial charge in [-0.15, -0.1) is 0 Å². The van der Waals surface area contributed by atoms with Gasteiger partial charge in [0.2, 0.25) is 5.78 Å². The fourth-order valence-electron chi connectivity index (χ4n) is 4.17. The fraction of sp³-hybridized carbons (Fsp3) is 0.545. The van der Waals surface area contributed by atoms with E-state index in [1.54, 1.807) is 19.9 Å². The van der Waals surface area contributed by atoms with Crippen LogP contribution in [0.25, 0.3) is 0 Å². The van der Waals surface area contributed by atoms with Gasteiger partial charge in [-0.3, -0.25) is 14.4 Å². The Morgan fingerprint density at radius 2 is 1.83 bits per heavy atom. The van der Waals surface area contributed by atoms with Gasteiger partial charge < -0.3 is 14.2 Å². The van der Waals surface area contributed by atoms with Crippen LogP contribution in [0.4, 0.5) is 0 Å². The molecule has 3 rings (SSSR count). The van der Waals surface area contributed by atoms with Crippen LogP contribution in [0.5, 0.6) is 0 Å². The molecule has 0 radical (unpaired) electrons. The summed E-state index contributed by atoms with van der Waals surface area (Å²) >= 11 is 0. The molecule has 1 aliphatic carbocycles. The van der Waals surface area contributed by atoms with Crippen LogP contribution < -0.4 is 0 Å². The number of rotatable bonds is 3. The zero-order valence-corrected chi connectivity index (χ0v) is 17.2. The van der Waals surface area contributed by atoms with Gasteiger partial charge in [0.15, 0.2) is 23.6 Å². The Bertz CT molecular complexity index is 851. The summed E-state index contributed by atoms with van der Waals surface area (Å²) in [5.74, 6) is -3.30. The van der Waals surface area contributed by atoms with Crippen molar-refractivity contribution in [1.29, 1.82) is 0 Å². The van der Waals surface area contributed by atoms with Crippen molar-refractivity contribution in [3.05, 3.63) is 36.0 Å². The molecule has 0 aromatic rings. The van der Waals surface area contributed by atoms with Crippen molar-refractivity contribution in [2.24, 2.45) is 11.8 Å². The van der Waals surface area contributed by atoms with E-state index in [9.17, 15) is 19.2 Å². The number of carbonyl (C=O) groups is 4. The summed E-state index contributed by atoms with van der Waals surface area (Å²) in [5, 5.41) is 0. The highest BCUT2D eigenvalue weighted by molar-refractivity contribution is 6.05. The number of epoxide rings is 1. The van der Waals surface area contributed by atoms with Gasteiger partial charge in [-0.05, 0) is 39.7 Å². The minimum absolute atomic E-state index is 0.302. The Hall–Kier alpha value is -2.54. The molecule has 2 heterocycles. The Balaban J connectivity index is 2.07. The molecule has 0 N–H and O–H groups in total. The molecule has 0 aromatic heterocycles. The van der Waals surface area contributed by atoms with Gasteiger partial charge >= 0.3 is 11.9 Å². The third kappa shape index (κ3) is 3.71. The molecule has 0 saturated carbocycles. The molecule has 0 amide bonds. The van der Waals surface area contributed by atoms with Gasteiger partial charge in [0, 0.05) is 18.4 Å². The molecule has 29 heavy (non-hydrogen) atoms. The molecule has 2 aliphatic heterocycles. The molecule has 1 fully saturated rings. The van der Waals surface area contributed by atoms with E-state index in [0.29, 0.717) is 29.6 Å². The SMILES string of the molecule is C=C(C)[C@H]1C(=O)[C@H]2O[C@@]2(C)C(=O)[C@@H](OC(C)=O)[C@H](C(=C)C)CCC2=C[C@H]1OC2=O. The number of fused-ring (bicyclic) bond motifs is 2. The lowest BCUT2D eigenvalue weighted by atomic mass is 9.79. The quantitative estimate of drug-likeness (QED) is 0.405. The van der Waals surface area contributed by atoms with Crippen molar-refractivity contribution in [1.82, 2.24) is 0 Å². The van der Waals surface area contributed by atoms with Crippen molar-refractivity contribution in [3.8, 4) is 0 Å². The predicted octanol–water partition coefficient (Wildman–Crippen LogP) is 2.24. The number of Topliss-reactive ketones (excluding diaryl/α,β-unsaturated/α-hetero) is 2. The Morgan fingerprint density at radius 3 is 2.38 bits per heavy atom. The Labute approximate surface area is 169 Å². The largest absolute Gasteiger partial charge is 0.454 e. The second-order valence-electron chi connectivity index (χ2n) is 8.28. The van der Waals surface area contributed by atoms with Crippen LogP contribution in [-0.4, -0.2) is 47.4 Å². The molecule has 7 nitrogen and oxygen atoms in total. The van der Waals surface area contributed by atoms with E-state index in [1.807, 2.05) is 0 Å². The summed E-state index contributed by atoms with van der Waals surface area (Å²) in [6.45, 7) is 13.9. The molecule has 3 aliphatic rings. The predicted molar refractivity (Wildman–Crippen MR) is 103 cm³/mol. The van der Waals surface area contributed by atoms with E-state index in [0.717, 1.165) is 0 Å². The summed E-state index contributed by atoms with van der Waals surface area (Å²) in [5.41, 5.74) is 0.169. The summed E-state index contributed by atoms with van der Waals surface area (Å²) in [4.78, 5) is 50.5. The highest BCUT2D eigenvalue weighted by Crippen LogP contribution is 2.45. The molecular formula is C22H26O7. The maximum atomic E-state index is 13.3. The molecule has 2 bridgehead atoms. The van der Waals surface area contributed by atoms with Crippen LogP contribution in [0.3, 0.4) is 0 Å². The maximum absolute atomic E-state index is 13.3. The maximum Gasteiger partial charge on any atom is 0.334 e. The number of ether oxygens (including phenoxy) is 3. The number of esters is 2. The zero-order valence-electron chi connectivity index (χ0n) is 17.2. The van der Waals surface area contributed by atoms with Gasteiger partial charge in [-0.1, -0.05) is 24.3 Å². The van der Waals surface area contributed by atoms with Crippen LogP contribution >= 0.6 is 0 Å². The van der Waals surface area contributed by atoms with Gasteiger partial charge in [-0.25, -0.2) is 4.79 Å². The van der Waals surface area contributed by atoms with Gasteiger partial charge in [0.25, 0.3) is 0 Å². The first-order valence-corrected chi connectivity index (χ1v) is 9.63. The fourth-order valence-corrected chi connectivity index (χ4v) is 4.17. The van der Waals surface area contributed by atoms with Gasteiger partial charge in [-0.2, -0.15) is 0 Å². The van der Waals surface area contributed by atoms with Crippen LogP contribution in [0.1, 0.15) is 40.5 Å². The molecule has 0 aromatic carbocycles. The van der Waals surface area contributed by atoms with Crippen LogP contribution in [-0.2, 0) is 33.4 Å². The molecule has 0 spiro atoms. The monoisotopic (exact) mass is 402 g/mol. The van der Waals surface area contributed by atoms with E-state index in [4.69, 9.17) is 14.2 Å². The van der Waals surface area contributed by atoms with Crippen LogP contribution in [0.2, 0.25) is 0 Å². The molecule has 1 saturated heterocycles. The Kier molecular flexibility index (Phi) is 5.38. The molecular weight excluding hydrogens is 376 g/mol. The van der Waals surface area contributed by atoms with Crippen molar-refractivity contribution in [2.75, 3.05) is 0 Å². The highest BCUT2D eigenvalue weighted by Gasteiger charge is 2.66. The first kappa shape index (κ1) is 21.2. The summed E-state index contributed by atoms with van der Waals surface area (Å²) < 4.78 is 16.4. The van der Waals surface area contributed by atoms with E-state index in [-0.39, 0.29) is 5.78 Å². The smallest absolute Gasteiger partial charge is 0.334 e. The minimum Gasteiger partial charge on any atom is -0.454 e. The van der Waals surface area contributed by atoms with Crippen LogP contribution in [0, 0.1) is 11.8 Å². The third-order valence-corrected chi connectivity index (χ3v) is 5.86. The number of hydrogen-bond donors (Lipinski definition) is 0. The molecule has 0 unspecified atom stereocenters. The average molecular weight is 402 g/mol. The highest BCUT2D eigenvalue weighted by atomic mass is 16.6. The van der Waals surface area contributed by atoms with Crippen molar-refractivity contribution in [3.63, 3.8) is 0 Å². The van der Waals surface area contributed by atoms with Crippen molar-refractivity contribution < 1.29 is 33.4 Å². The zero-order chi connectivity index (χ0) is 21.7. The first-order chi connectivity index (χ1) is 13.5. The second kappa shape index (κ2) is 7.37. The topological polar surface area (TPSA) is 99.3 Å². The lowest BCUT2D eigenvalue weighted by Gasteiger charge is -2.28. The first-order valence-electron chi connectivity index (χ1n) is 9.63. The van der Waals surface area contributed by atoms with E-state index < -0.39 is 53.5 Å². The lowest BCUT2D eigenvalue weighted by molar-refractivity contribution is -0.157. The summed E-state index contributed by atoms with van der Waals surface area (Å²) in [6, 6.07) is 0. The second-order valence-corrected chi connectivity index (χ2v) is 8.28. The van der Waals surface area contributed by atoms with Crippen LogP contribution in [0.15, 0.2) is 36.0 Å². The summed E-state index contributed by atoms with van der Waals surface area (Å²) in [7, 11) is 0. The van der Waals surface area contributed by atoms with Crippen molar-refractivity contribution >= 4 is 23.5 Å². The van der Waals surface area contributed by atoms with Gasteiger partial charge in [0.05, 0.1) is 5.92 Å². The number of hydrogen-bond acceptors (Lipinski definition) is 7. The molecule has 7 heteroatoms. The third-order valence-electron chi connectivity index (χ3n) is 5.86. The van der Waals surface area contributed by atoms with E-state index in [1.165, 1.54) is 13.8 Å². The lowest BCUT2D eigenvalue weighted by Crippen LogP contribution is -2.44.